The lowest BCUT2D eigenvalue weighted by molar-refractivity contribution is -0.137. The molecule has 0 amide bonds. The van der Waals surface area contributed by atoms with E-state index in [4.69, 9.17) is 5.11 Å². The Bertz CT molecular complexity index is 372. The van der Waals surface area contributed by atoms with E-state index in [1.807, 2.05) is 6.08 Å². The Balaban J connectivity index is 3.47. The lowest BCUT2D eigenvalue weighted by atomic mass is 10.1. The Morgan fingerprint density at radius 1 is 1.11 bits per heavy atom. The second kappa shape index (κ2) is 14.4. The van der Waals surface area contributed by atoms with Crippen LogP contribution in [0.2, 0.25) is 0 Å². The van der Waals surface area contributed by atoms with Gasteiger partial charge in [0.1, 0.15) is 0 Å². The van der Waals surface area contributed by atoms with Crippen molar-refractivity contribution in [3.8, 4) is 23.7 Å². The van der Waals surface area contributed by atoms with E-state index in [0.717, 1.165) is 6.42 Å². The second-order valence-electron chi connectivity index (χ2n) is 4.42. The molecule has 0 aliphatic rings. The molecule has 0 rings (SSSR count). The molecule has 2 nitrogen and oxygen atoms in total. The average molecular weight is 260 g/mol. The highest BCUT2D eigenvalue weighted by Crippen LogP contribution is 2.04. The maximum Gasteiger partial charge on any atom is 0.303 e. The van der Waals surface area contributed by atoms with E-state index in [2.05, 4.69) is 36.7 Å². The minimum absolute atomic E-state index is 0.181. The van der Waals surface area contributed by atoms with Crippen LogP contribution in [0.3, 0.4) is 0 Å². The van der Waals surface area contributed by atoms with Crippen LogP contribution >= 0.6 is 0 Å². The highest BCUT2D eigenvalue weighted by atomic mass is 16.4. The third-order valence-corrected chi connectivity index (χ3v) is 2.59. The Morgan fingerprint density at radius 2 is 1.89 bits per heavy atom. The molecule has 0 aromatic heterocycles. The van der Waals surface area contributed by atoms with Crippen LogP contribution in [0.15, 0.2) is 12.2 Å². The molecule has 0 spiro atoms. The van der Waals surface area contributed by atoms with Gasteiger partial charge in [-0.2, -0.15) is 0 Å². The summed E-state index contributed by atoms with van der Waals surface area (Å²) < 4.78 is 0. The van der Waals surface area contributed by atoms with Crippen molar-refractivity contribution in [2.45, 2.75) is 64.7 Å². The number of aliphatic carboxylic acids is 1. The maximum absolute atomic E-state index is 10.2. The number of carboxylic acid groups (broad SMARTS) is 1. The van der Waals surface area contributed by atoms with Gasteiger partial charge in [-0.15, -0.1) is 0 Å². The summed E-state index contributed by atoms with van der Waals surface area (Å²) in [5, 5.41) is 8.42. The van der Waals surface area contributed by atoms with Crippen molar-refractivity contribution in [2.75, 3.05) is 0 Å². The van der Waals surface area contributed by atoms with Crippen molar-refractivity contribution in [1.82, 2.24) is 0 Å². The van der Waals surface area contributed by atoms with Crippen LogP contribution in [0.5, 0.6) is 0 Å². The van der Waals surface area contributed by atoms with Gasteiger partial charge in [0.15, 0.2) is 0 Å². The molecule has 0 saturated heterocycles. The fraction of sp³-hybridized carbons (Fsp3) is 0.588. The highest BCUT2D eigenvalue weighted by molar-refractivity contribution is 5.66. The van der Waals surface area contributed by atoms with Crippen LogP contribution in [0.1, 0.15) is 64.7 Å². The van der Waals surface area contributed by atoms with E-state index < -0.39 is 5.97 Å². The molecule has 0 fully saturated rings. The number of unbranched alkanes of at least 4 members (excludes halogenated alkanes) is 6. The molecular formula is C17H24O2. The van der Waals surface area contributed by atoms with E-state index >= 15 is 0 Å². The molecule has 0 aliphatic heterocycles. The zero-order valence-corrected chi connectivity index (χ0v) is 11.9. The molecule has 0 atom stereocenters. The maximum atomic E-state index is 10.2. The quantitative estimate of drug-likeness (QED) is 0.499. The summed E-state index contributed by atoms with van der Waals surface area (Å²) in [6.45, 7) is 2.22. The molecule has 0 unspecified atom stereocenters. The molecule has 1 N–H and O–H groups in total. The van der Waals surface area contributed by atoms with Gasteiger partial charge < -0.3 is 5.11 Å². The molecule has 104 valence electrons. The van der Waals surface area contributed by atoms with Gasteiger partial charge in [-0.3, -0.25) is 4.79 Å². The molecule has 19 heavy (non-hydrogen) atoms. The first-order valence-corrected chi connectivity index (χ1v) is 7.12. The topological polar surface area (TPSA) is 37.3 Å². The van der Waals surface area contributed by atoms with Crippen molar-refractivity contribution in [1.29, 1.82) is 0 Å². The predicted molar refractivity (Wildman–Crippen MR) is 79.6 cm³/mol. The number of hydrogen-bond donors (Lipinski definition) is 1. The fourth-order valence-corrected chi connectivity index (χ4v) is 1.52. The normalized spacial score (nSPS) is 9.53. The molecular weight excluding hydrogens is 236 g/mol. The summed E-state index contributed by atoms with van der Waals surface area (Å²) in [6.07, 6.45) is 12.9. The van der Waals surface area contributed by atoms with Gasteiger partial charge in [-0.1, -0.05) is 50.5 Å². The minimum Gasteiger partial charge on any atom is -0.481 e. The van der Waals surface area contributed by atoms with Gasteiger partial charge in [0, 0.05) is 12.8 Å². The van der Waals surface area contributed by atoms with E-state index in [-0.39, 0.29) is 6.42 Å². The first-order chi connectivity index (χ1) is 9.27. The molecule has 0 aromatic rings. The van der Waals surface area contributed by atoms with Gasteiger partial charge in [-0.25, -0.2) is 0 Å². The number of rotatable bonds is 9. The van der Waals surface area contributed by atoms with E-state index in [1.165, 1.54) is 32.1 Å². The Labute approximate surface area is 117 Å². The van der Waals surface area contributed by atoms with Crippen molar-refractivity contribution < 1.29 is 9.90 Å². The zero-order valence-electron chi connectivity index (χ0n) is 11.9. The second-order valence-corrected chi connectivity index (χ2v) is 4.42. The molecule has 2 heteroatoms. The standard InChI is InChI=1S/C17H24O2/c1-2-3-4-5-6-7-8-9-10-11-12-13-14-15-16-17(18)19/h8-9H,2-7,14-16H2,1H3,(H,18,19). The summed E-state index contributed by atoms with van der Waals surface area (Å²) in [5.41, 5.74) is 0. The molecule has 0 saturated carbocycles. The van der Waals surface area contributed by atoms with Crippen LogP contribution in [0.25, 0.3) is 0 Å². The smallest absolute Gasteiger partial charge is 0.303 e. The summed E-state index contributed by atoms with van der Waals surface area (Å²) >= 11 is 0. The largest absolute Gasteiger partial charge is 0.481 e. The highest BCUT2D eigenvalue weighted by Gasteiger charge is 1.92. The molecule has 0 aromatic carbocycles. The molecule has 0 aliphatic carbocycles. The van der Waals surface area contributed by atoms with Gasteiger partial charge in [0.05, 0.1) is 0 Å². The Hall–Kier alpha value is -1.67. The van der Waals surface area contributed by atoms with E-state index in [0.29, 0.717) is 12.8 Å². The molecule has 0 radical (unpaired) electrons. The van der Waals surface area contributed by atoms with Crippen molar-refractivity contribution in [3.05, 3.63) is 12.2 Å². The van der Waals surface area contributed by atoms with Crippen LogP contribution in [-0.2, 0) is 4.79 Å². The predicted octanol–water partition coefficient (Wildman–Crippen LogP) is 4.16. The van der Waals surface area contributed by atoms with Crippen molar-refractivity contribution >= 4 is 5.97 Å². The summed E-state index contributed by atoms with van der Waals surface area (Å²) in [6, 6.07) is 0. The van der Waals surface area contributed by atoms with E-state index in [1.54, 1.807) is 0 Å². The Kier molecular flexibility index (Phi) is 13.1. The van der Waals surface area contributed by atoms with Gasteiger partial charge >= 0.3 is 5.97 Å². The molecule has 0 bridgehead atoms. The SMILES string of the molecule is CCCCCCCC=CC#CC#CCCCC(=O)O. The number of carboxylic acids is 1. The lowest BCUT2D eigenvalue weighted by Crippen LogP contribution is -1.92. The first kappa shape index (κ1) is 17.3. The van der Waals surface area contributed by atoms with Crippen molar-refractivity contribution in [2.24, 2.45) is 0 Å². The van der Waals surface area contributed by atoms with Gasteiger partial charge in [0.25, 0.3) is 0 Å². The monoisotopic (exact) mass is 260 g/mol. The fourth-order valence-electron chi connectivity index (χ4n) is 1.52. The van der Waals surface area contributed by atoms with Crippen LogP contribution in [-0.4, -0.2) is 11.1 Å². The van der Waals surface area contributed by atoms with Crippen LogP contribution in [0, 0.1) is 23.7 Å². The van der Waals surface area contributed by atoms with Crippen LogP contribution < -0.4 is 0 Å². The summed E-state index contributed by atoms with van der Waals surface area (Å²) in [5.74, 6) is 10.4. The third kappa shape index (κ3) is 16.3. The minimum atomic E-state index is -0.769. The third-order valence-electron chi connectivity index (χ3n) is 2.59. The molecule has 0 heterocycles. The number of allylic oxidation sites excluding steroid dienone is 2. The van der Waals surface area contributed by atoms with E-state index in [9.17, 15) is 4.79 Å². The first-order valence-electron chi connectivity index (χ1n) is 7.12. The number of carbonyl (C=O) groups is 1. The van der Waals surface area contributed by atoms with Crippen molar-refractivity contribution in [3.63, 3.8) is 0 Å². The Morgan fingerprint density at radius 3 is 2.63 bits per heavy atom. The zero-order chi connectivity index (χ0) is 14.2. The lowest BCUT2D eigenvalue weighted by Gasteiger charge is -1.94. The summed E-state index contributed by atoms with van der Waals surface area (Å²) in [7, 11) is 0. The average Bonchev–Trinajstić information content (AvgIpc) is 2.39. The van der Waals surface area contributed by atoms with Gasteiger partial charge in [-0.05, 0) is 37.2 Å². The van der Waals surface area contributed by atoms with Gasteiger partial charge in [0.2, 0.25) is 0 Å². The number of hydrogen-bond acceptors (Lipinski definition) is 1. The van der Waals surface area contributed by atoms with Crippen LogP contribution in [0.4, 0.5) is 0 Å². The summed E-state index contributed by atoms with van der Waals surface area (Å²) in [4.78, 5) is 10.2.